The number of rotatable bonds is 5. The third-order valence-corrected chi connectivity index (χ3v) is 2.22. The summed E-state index contributed by atoms with van der Waals surface area (Å²) in [6.45, 7) is 1.60. The number of carbonyl (C=O) groups is 1. The Labute approximate surface area is 98.3 Å². The lowest BCUT2D eigenvalue weighted by molar-refractivity contribution is -0.119. The van der Waals surface area contributed by atoms with Crippen LogP contribution in [0, 0.1) is 5.82 Å². The Morgan fingerprint density at radius 2 is 2.29 bits per heavy atom. The van der Waals surface area contributed by atoms with Crippen molar-refractivity contribution in [3.63, 3.8) is 0 Å². The summed E-state index contributed by atoms with van der Waals surface area (Å²) in [5.41, 5.74) is 0.0697. The Morgan fingerprint density at radius 1 is 1.59 bits per heavy atom. The molecule has 1 aromatic heterocycles. The van der Waals surface area contributed by atoms with Crippen LogP contribution in [0.5, 0.6) is 0 Å². The minimum atomic E-state index is -1.26. The van der Waals surface area contributed by atoms with E-state index in [9.17, 15) is 19.4 Å². The second kappa shape index (κ2) is 6.27. The first-order chi connectivity index (χ1) is 8.00. The first-order valence-corrected chi connectivity index (χ1v) is 5.22. The van der Waals surface area contributed by atoms with Crippen LogP contribution < -0.4 is 5.32 Å². The number of hydrogen-bond donors (Lipinski definition) is 3. The highest BCUT2D eigenvalue weighted by atomic mass is 19.1. The van der Waals surface area contributed by atoms with Crippen molar-refractivity contribution in [3.05, 3.63) is 29.8 Å². The van der Waals surface area contributed by atoms with Crippen molar-refractivity contribution >= 4 is 5.91 Å². The van der Waals surface area contributed by atoms with Crippen LogP contribution in [0.4, 0.5) is 4.39 Å². The van der Waals surface area contributed by atoms with Crippen LogP contribution in [0.3, 0.4) is 0 Å². The van der Waals surface area contributed by atoms with Crippen molar-refractivity contribution in [1.82, 2.24) is 10.3 Å². The number of hydrogen-bond acceptors (Lipinski definition) is 4. The summed E-state index contributed by atoms with van der Waals surface area (Å²) in [4.78, 5) is 14.4. The quantitative estimate of drug-likeness (QED) is 0.686. The number of nitrogens with zero attached hydrogens (tertiary/aromatic N) is 1. The van der Waals surface area contributed by atoms with Crippen molar-refractivity contribution < 1.29 is 19.4 Å². The SMILES string of the molecule is CC(=O)NCCC(O)C(O)c1cc(F)ccn1. The van der Waals surface area contributed by atoms with Gasteiger partial charge in [-0.1, -0.05) is 0 Å². The molecule has 5 nitrogen and oxygen atoms in total. The number of amides is 1. The maximum atomic E-state index is 12.9. The van der Waals surface area contributed by atoms with Gasteiger partial charge in [0.2, 0.25) is 5.91 Å². The Hall–Kier alpha value is -1.53. The van der Waals surface area contributed by atoms with E-state index in [1.54, 1.807) is 0 Å². The molecule has 0 bridgehead atoms. The van der Waals surface area contributed by atoms with Crippen LogP contribution in [0.2, 0.25) is 0 Å². The highest BCUT2D eigenvalue weighted by molar-refractivity contribution is 5.72. The van der Waals surface area contributed by atoms with Crippen LogP contribution in [-0.4, -0.2) is 33.8 Å². The molecule has 6 heteroatoms. The fourth-order valence-corrected chi connectivity index (χ4v) is 1.33. The summed E-state index contributed by atoms with van der Waals surface area (Å²) in [6, 6.07) is 2.21. The van der Waals surface area contributed by atoms with Crippen molar-refractivity contribution in [2.24, 2.45) is 0 Å². The Kier molecular flexibility index (Phi) is 4.99. The normalized spacial score (nSPS) is 14.1. The third kappa shape index (κ3) is 4.46. The molecule has 0 aliphatic heterocycles. The van der Waals surface area contributed by atoms with E-state index in [1.165, 1.54) is 13.1 Å². The van der Waals surface area contributed by atoms with E-state index in [0.717, 1.165) is 12.1 Å². The van der Waals surface area contributed by atoms with Crippen LogP contribution >= 0.6 is 0 Å². The Bertz CT molecular complexity index is 387. The van der Waals surface area contributed by atoms with Gasteiger partial charge in [-0.25, -0.2) is 4.39 Å². The van der Waals surface area contributed by atoms with E-state index in [0.29, 0.717) is 0 Å². The van der Waals surface area contributed by atoms with Gasteiger partial charge in [0, 0.05) is 19.7 Å². The van der Waals surface area contributed by atoms with E-state index in [2.05, 4.69) is 10.3 Å². The zero-order valence-electron chi connectivity index (χ0n) is 9.43. The molecule has 1 amide bonds. The lowest BCUT2D eigenvalue weighted by atomic mass is 10.1. The van der Waals surface area contributed by atoms with Gasteiger partial charge in [-0.05, 0) is 18.6 Å². The fraction of sp³-hybridized carbons (Fsp3) is 0.455. The van der Waals surface area contributed by atoms with E-state index in [4.69, 9.17) is 0 Å². The van der Waals surface area contributed by atoms with Gasteiger partial charge in [0.25, 0.3) is 0 Å². The fourth-order valence-electron chi connectivity index (χ4n) is 1.33. The monoisotopic (exact) mass is 242 g/mol. The van der Waals surface area contributed by atoms with E-state index >= 15 is 0 Å². The minimum absolute atomic E-state index is 0.0697. The molecule has 1 rings (SSSR count). The predicted octanol–water partition coefficient (Wildman–Crippen LogP) is 0.141. The summed E-state index contributed by atoms with van der Waals surface area (Å²) in [7, 11) is 0. The zero-order chi connectivity index (χ0) is 12.8. The number of carbonyl (C=O) groups excluding carboxylic acids is 1. The second-order valence-electron chi connectivity index (χ2n) is 3.68. The van der Waals surface area contributed by atoms with Crippen LogP contribution in [-0.2, 0) is 4.79 Å². The minimum Gasteiger partial charge on any atom is -0.390 e. The van der Waals surface area contributed by atoms with Gasteiger partial charge >= 0.3 is 0 Å². The molecule has 0 aromatic carbocycles. The maximum Gasteiger partial charge on any atom is 0.216 e. The summed E-state index contributed by atoms with van der Waals surface area (Å²) < 4.78 is 12.9. The molecular formula is C11H15FN2O3. The molecule has 0 fully saturated rings. The largest absolute Gasteiger partial charge is 0.390 e. The Morgan fingerprint density at radius 3 is 2.88 bits per heavy atom. The van der Waals surface area contributed by atoms with Crippen molar-refractivity contribution in [3.8, 4) is 0 Å². The molecule has 0 radical (unpaired) electrons. The van der Waals surface area contributed by atoms with Crippen molar-refractivity contribution in [1.29, 1.82) is 0 Å². The second-order valence-corrected chi connectivity index (χ2v) is 3.68. The summed E-state index contributed by atoms with van der Waals surface area (Å²) in [5.74, 6) is -0.737. The average Bonchev–Trinajstić information content (AvgIpc) is 2.27. The number of aliphatic hydroxyl groups is 2. The lowest BCUT2D eigenvalue weighted by Crippen LogP contribution is -2.28. The number of nitrogens with one attached hydrogen (secondary N) is 1. The van der Waals surface area contributed by atoms with E-state index in [-0.39, 0.29) is 24.6 Å². The van der Waals surface area contributed by atoms with Gasteiger partial charge in [0.05, 0.1) is 11.8 Å². The molecule has 94 valence electrons. The molecule has 0 spiro atoms. The zero-order valence-corrected chi connectivity index (χ0v) is 9.43. The van der Waals surface area contributed by atoms with Crippen LogP contribution in [0.15, 0.2) is 18.3 Å². The van der Waals surface area contributed by atoms with Crippen molar-refractivity contribution in [2.45, 2.75) is 25.6 Å². The predicted molar refractivity (Wildman–Crippen MR) is 58.5 cm³/mol. The lowest BCUT2D eigenvalue weighted by Gasteiger charge is -2.17. The van der Waals surface area contributed by atoms with Crippen LogP contribution in [0.25, 0.3) is 0 Å². The van der Waals surface area contributed by atoms with Crippen molar-refractivity contribution in [2.75, 3.05) is 6.54 Å². The first kappa shape index (κ1) is 13.5. The topological polar surface area (TPSA) is 82.5 Å². The van der Waals surface area contributed by atoms with Gasteiger partial charge < -0.3 is 15.5 Å². The molecule has 2 unspecified atom stereocenters. The third-order valence-electron chi connectivity index (χ3n) is 2.22. The van der Waals surface area contributed by atoms with Gasteiger partial charge in [-0.15, -0.1) is 0 Å². The molecule has 1 heterocycles. The number of pyridine rings is 1. The molecule has 17 heavy (non-hydrogen) atoms. The highest BCUT2D eigenvalue weighted by Gasteiger charge is 2.19. The molecule has 2 atom stereocenters. The number of aliphatic hydroxyl groups excluding tert-OH is 2. The number of aromatic nitrogens is 1. The van der Waals surface area contributed by atoms with Gasteiger partial charge in [-0.2, -0.15) is 0 Å². The van der Waals surface area contributed by atoms with E-state index < -0.39 is 18.0 Å². The summed E-state index contributed by atoms with van der Waals surface area (Å²) >= 11 is 0. The molecule has 1 aromatic rings. The molecule has 0 saturated carbocycles. The smallest absolute Gasteiger partial charge is 0.216 e. The average molecular weight is 242 g/mol. The Balaban J connectivity index is 2.51. The maximum absolute atomic E-state index is 12.9. The number of halogens is 1. The summed E-state index contributed by atoms with van der Waals surface area (Å²) in [6.07, 6.45) is -0.983. The van der Waals surface area contributed by atoms with E-state index in [1.807, 2.05) is 0 Å². The summed E-state index contributed by atoms with van der Waals surface area (Å²) in [5, 5.41) is 21.8. The molecular weight excluding hydrogens is 227 g/mol. The van der Waals surface area contributed by atoms with Gasteiger partial charge in [-0.3, -0.25) is 9.78 Å². The first-order valence-electron chi connectivity index (χ1n) is 5.22. The highest BCUT2D eigenvalue weighted by Crippen LogP contribution is 2.16. The molecule has 3 N–H and O–H groups in total. The van der Waals surface area contributed by atoms with Crippen LogP contribution in [0.1, 0.15) is 25.1 Å². The molecule has 0 aliphatic rings. The van der Waals surface area contributed by atoms with Gasteiger partial charge in [0.15, 0.2) is 0 Å². The standard InChI is InChI=1S/C11H15FN2O3/c1-7(15)13-5-3-10(16)11(17)9-6-8(12)2-4-14-9/h2,4,6,10-11,16-17H,3,5H2,1H3,(H,13,15). The molecule has 0 aliphatic carbocycles. The molecule has 0 saturated heterocycles. The van der Waals surface area contributed by atoms with Gasteiger partial charge in [0.1, 0.15) is 11.9 Å².